The van der Waals surface area contributed by atoms with E-state index in [4.69, 9.17) is 15.3 Å². The van der Waals surface area contributed by atoms with Crippen molar-refractivity contribution >= 4 is 34.1 Å². The highest BCUT2D eigenvalue weighted by Crippen LogP contribution is 2.13. The first-order valence-corrected chi connectivity index (χ1v) is 8.86. The van der Waals surface area contributed by atoms with Crippen LogP contribution in [0, 0.1) is 0 Å². The molecule has 2 heterocycles. The highest BCUT2D eigenvalue weighted by Gasteiger charge is 2.21. The van der Waals surface area contributed by atoms with Crippen LogP contribution in [0.15, 0.2) is 10.5 Å². The van der Waals surface area contributed by atoms with Crippen molar-refractivity contribution in [1.82, 2.24) is 9.88 Å². The van der Waals surface area contributed by atoms with E-state index in [0.717, 1.165) is 38.8 Å². The number of rotatable bonds is 6. The van der Waals surface area contributed by atoms with Crippen molar-refractivity contribution < 1.29 is 19.2 Å². The molecule has 0 radical (unpaired) electrons. The topological polar surface area (TPSA) is 107 Å². The molecule has 1 saturated heterocycles. The number of hydrogen-bond acceptors (Lipinski definition) is 8. The van der Waals surface area contributed by atoms with Crippen LogP contribution >= 0.6 is 11.3 Å². The Bertz CT molecular complexity index is 594. The SMILES string of the molecule is CCOC(=O)/C(=N\OCC(=O)N1CCCCCC1)c1csc(N)n1. The van der Waals surface area contributed by atoms with Crippen molar-refractivity contribution in [1.29, 1.82) is 0 Å². The molecule has 24 heavy (non-hydrogen) atoms. The standard InChI is InChI=1S/C15H22N4O4S/c1-2-22-14(21)13(11-10-24-15(16)17-11)18-23-9-12(20)19-7-5-3-4-6-8-19/h10H,2-9H2,1H3,(H2,16,17)/b18-13-. The van der Waals surface area contributed by atoms with Crippen LogP contribution < -0.4 is 5.73 Å². The number of oxime groups is 1. The number of thiazole rings is 1. The number of nitrogen functional groups attached to an aromatic ring is 1. The lowest BCUT2D eigenvalue weighted by Crippen LogP contribution is -2.34. The van der Waals surface area contributed by atoms with E-state index in [2.05, 4.69) is 10.1 Å². The molecule has 0 atom stereocenters. The van der Waals surface area contributed by atoms with Crippen LogP contribution in [0.3, 0.4) is 0 Å². The Hall–Kier alpha value is -2.16. The van der Waals surface area contributed by atoms with Crippen molar-refractivity contribution in [3.8, 4) is 0 Å². The van der Waals surface area contributed by atoms with Crippen LogP contribution in [0.2, 0.25) is 0 Å². The highest BCUT2D eigenvalue weighted by molar-refractivity contribution is 7.13. The van der Waals surface area contributed by atoms with Gasteiger partial charge in [-0.3, -0.25) is 4.79 Å². The molecule has 1 aliphatic heterocycles. The molecule has 2 rings (SSSR count). The number of anilines is 1. The fourth-order valence-electron chi connectivity index (χ4n) is 2.35. The Labute approximate surface area is 144 Å². The lowest BCUT2D eigenvalue weighted by molar-refractivity contribution is -0.137. The molecule has 0 aromatic carbocycles. The molecule has 0 unspecified atom stereocenters. The van der Waals surface area contributed by atoms with Crippen molar-refractivity contribution in [2.45, 2.75) is 32.6 Å². The summed E-state index contributed by atoms with van der Waals surface area (Å²) in [5.41, 5.74) is 5.77. The third-order valence-corrected chi connectivity index (χ3v) is 4.21. The number of likely N-dealkylation sites (tertiary alicyclic amines) is 1. The van der Waals surface area contributed by atoms with E-state index < -0.39 is 5.97 Å². The van der Waals surface area contributed by atoms with Crippen LogP contribution in [0.25, 0.3) is 0 Å². The third-order valence-electron chi connectivity index (χ3n) is 3.54. The molecule has 2 N–H and O–H groups in total. The van der Waals surface area contributed by atoms with Crippen molar-refractivity contribution in [3.05, 3.63) is 11.1 Å². The average molecular weight is 354 g/mol. The molecule has 9 heteroatoms. The zero-order valence-corrected chi connectivity index (χ0v) is 14.5. The summed E-state index contributed by atoms with van der Waals surface area (Å²) >= 11 is 1.18. The second-order valence-electron chi connectivity index (χ2n) is 5.30. The van der Waals surface area contributed by atoms with Gasteiger partial charge in [0.2, 0.25) is 5.71 Å². The maximum Gasteiger partial charge on any atom is 0.362 e. The van der Waals surface area contributed by atoms with Gasteiger partial charge in [0, 0.05) is 18.5 Å². The summed E-state index contributed by atoms with van der Waals surface area (Å²) in [6, 6.07) is 0. The Balaban J connectivity index is 1.98. The van der Waals surface area contributed by atoms with Gasteiger partial charge in [-0.05, 0) is 19.8 Å². The summed E-state index contributed by atoms with van der Waals surface area (Å²) in [4.78, 5) is 35.0. The van der Waals surface area contributed by atoms with E-state index in [9.17, 15) is 9.59 Å². The molecule has 0 spiro atoms. The quantitative estimate of drug-likeness (QED) is 0.470. The first-order chi connectivity index (χ1) is 11.6. The van der Waals surface area contributed by atoms with Gasteiger partial charge >= 0.3 is 5.97 Å². The molecule has 8 nitrogen and oxygen atoms in total. The Morgan fingerprint density at radius 3 is 2.62 bits per heavy atom. The van der Waals surface area contributed by atoms with Gasteiger partial charge in [-0.25, -0.2) is 9.78 Å². The highest BCUT2D eigenvalue weighted by atomic mass is 32.1. The van der Waals surface area contributed by atoms with Gasteiger partial charge in [-0.15, -0.1) is 11.3 Å². The smallest absolute Gasteiger partial charge is 0.362 e. The molecule has 0 bridgehead atoms. The van der Waals surface area contributed by atoms with Crippen molar-refractivity contribution in [3.63, 3.8) is 0 Å². The molecule has 1 fully saturated rings. The lowest BCUT2D eigenvalue weighted by Gasteiger charge is -2.19. The minimum absolute atomic E-state index is 0.0894. The maximum absolute atomic E-state index is 12.2. The second kappa shape index (κ2) is 9.21. The molecule has 1 amide bonds. The van der Waals surface area contributed by atoms with Gasteiger partial charge in [0.15, 0.2) is 11.7 Å². The number of amides is 1. The summed E-state index contributed by atoms with van der Waals surface area (Å²) in [6.07, 6.45) is 4.28. The summed E-state index contributed by atoms with van der Waals surface area (Å²) in [6.45, 7) is 3.14. The summed E-state index contributed by atoms with van der Waals surface area (Å²) in [7, 11) is 0. The van der Waals surface area contributed by atoms with E-state index in [0.29, 0.717) is 5.13 Å². The third kappa shape index (κ3) is 5.19. The fourth-order valence-corrected chi connectivity index (χ4v) is 2.90. The van der Waals surface area contributed by atoms with Gasteiger partial charge in [0.05, 0.1) is 6.61 Å². The number of esters is 1. The van der Waals surface area contributed by atoms with Crippen molar-refractivity contribution in [2.75, 3.05) is 32.0 Å². The number of nitrogens with zero attached hydrogens (tertiary/aromatic N) is 3. The first kappa shape index (κ1) is 18.2. The maximum atomic E-state index is 12.2. The first-order valence-electron chi connectivity index (χ1n) is 7.98. The molecule has 1 aromatic heterocycles. The van der Waals surface area contributed by atoms with Gasteiger partial charge in [-0.1, -0.05) is 18.0 Å². The Morgan fingerprint density at radius 1 is 1.33 bits per heavy atom. The van der Waals surface area contributed by atoms with Gasteiger partial charge in [0.1, 0.15) is 5.69 Å². The number of nitrogens with two attached hydrogens (primary N) is 1. The number of carbonyl (C=O) groups excluding carboxylic acids is 2. The molecule has 1 aromatic rings. The number of carbonyl (C=O) groups is 2. The lowest BCUT2D eigenvalue weighted by atomic mass is 10.2. The molecule has 132 valence electrons. The predicted octanol–water partition coefficient (Wildman–Crippen LogP) is 1.41. The minimum Gasteiger partial charge on any atom is -0.461 e. The van der Waals surface area contributed by atoms with Gasteiger partial charge in [-0.2, -0.15) is 0 Å². The minimum atomic E-state index is -0.662. The predicted molar refractivity (Wildman–Crippen MR) is 90.7 cm³/mol. The van der Waals surface area contributed by atoms with Gasteiger partial charge < -0.3 is 20.2 Å². The zero-order valence-electron chi connectivity index (χ0n) is 13.7. The monoisotopic (exact) mass is 354 g/mol. The molecular formula is C15H22N4O4S. The Kier molecular flexibility index (Phi) is 6.98. The number of hydrogen-bond donors (Lipinski definition) is 1. The molecule has 1 aliphatic rings. The summed E-state index contributed by atoms with van der Waals surface area (Å²) in [5, 5.41) is 5.66. The van der Waals surface area contributed by atoms with E-state index in [1.54, 1.807) is 17.2 Å². The fraction of sp³-hybridized carbons (Fsp3) is 0.600. The molecular weight excluding hydrogens is 332 g/mol. The summed E-state index contributed by atoms with van der Waals surface area (Å²) in [5.74, 6) is -0.799. The summed E-state index contributed by atoms with van der Waals surface area (Å²) < 4.78 is 4.94. The second-order valence-corrected chi connectivity index (χ2v) is 6.19. The number of ether oxygens (including phenoxy) is 1. The van der Waals surface area contributed by atoms with Gasteiger partial charge in [0.25, 0.3) is 5.91 Å². The average Bonchev–Trinajstić information content (AvgIpc) is 2.82. The van der Waals surface area contributed by atoms with E-state index in [1.165, 1.54) is 11.3 Å². The van der Waals surface area contributed by atoms with E-state index in [-0.39, 0.29) is 30.5 Å². The van der Waals surface area contributed by atoms with Crippen LogP contribution in [0.4, 0.5) is 5.13 Å². The Morgan fingerprint density at radius 2 is 2.04 bits per heavy atom. The van der Waals surface area contributed by atoms with Crippen LogP contribution in [-0.2, 0) is 19.2 Å². The van der Waals surface area contributed by atoms with E-state index in [1.807, 2.05) is 0 Å². The normalized spacial score (nSPS) is 15.7. The van der Waals surface area contributed by atoms with E-state index >= 15 is 0 Å². The molecule has 0 saturated carbocycles. The number of aromatic nitrogens is 1. The van der Waals surface area contributed by atoms with Crippen molar-refractivity contribution in [2.24, 2.45) is 5.16 Å². The zero-order chi connectivity index (χ0) is 17.4. The van der Waals surface area contributed by atoms with Crippen LogP contribution in [-0.4, -0.2) is 53.8 Å². The van der Waals surface area contributed by atoms with Crippen LogP contribution in [0.1, 0.15) is 38.3 Å². The van der Waals surface area contributed by atoms with Crippen LogP contribution in [0.5, 0.6) is 0 Å². The molecule has 0 aliphatic carbocycles. The largest absolute Gasteiger partial charge is 0.461 e.